The van der Waals surface area contributed by atoms with Crippen molar-refractivity contribution in [2.24, 2.45) is 0 Å². The minimum Gasteiger partial charge on any atom is -0.386 e. The predicted octanol–water partition coefficient (Wildman–Crippen LogP) is 1.87. The Kier molecular flexibility index (Phi) is 3.73. The molecule has 0 heterocycles. The Labute approximate surface area is 62.1 Å². The highest BCUT2D eigenvalue weighted by molar-refractivity contribution is 7.13. The molecule has 0 saturated heterocycles. The van der Waals surface area contributed by atoms with Gasteiger partial charge in [-0.3, -0.25) is 0 Å². The average molecular weight is 169 g/mol. The third kappa shape index (κ3) is 2.25. The van der Waals surface area contributed by atoms with Gasteiger partial charge in [0.15, 0.2) is 0 Å². The molecule has 0 radical (unpaired) electrons. The molecule has 0 unspecified atom stereocenters. The summed E-state index contributed by atoms with van der Waals surface area (Å²) in [6.07, 6.45) is 0. The second-order valence-corrected chi connectivity index (χ2v) is 6.86. The zero-order valence-corrected chi connectivity index (χ0v) is 8.03. The minimum atomic E-state index is -2.30. The first-order chi connectivity index (χ1) is 4.06. The molecular formula is C5H13ClO2Si. The van der Waals surface area contributed by atoms with Crippen LogP contribution in [-0.4, -0.2) is 22.1 Å². The molecule has 9 heavy (non-hydrogen) atoms. The van der Waals surface area contributed by atoms with E-state index in [1.54, 1.807) is 14.2 Å². The van der Waals surface area contributed by atoms with Gasteiger partial charge in [0.25, 0.3) is 0 Å². The van der Waals surface area contributed by atoms with E-state index in [4.69, 9.17) is 19.9 Å². The fourth-order valence-electron chi connectivity index (χ4n) is 0.555. The van der Waals surface area contributed by atoms with Crippen molar-refractivity contribution in [1.29, 1.82) is 0 Å². The third-order valence-electron chi connectivity index (χ3n) is 1.25. The van der Waals surface area contributed by atoms with E-state index in [1.807, 2.05) is 13.8 Å². The van der Waals surface area contributed by atoms with Crippen LogP contribution >= 0.6 is 11.1 Å². The largest absolute Gasteiger partial charge is 0.445 e. The zero-order chi connectivity index (χ0) is 7.49. The SMILES string of the molecule is CO[Si](Cl)(OC)C(C)C. The molecule has 56 valence electrons. The molecule has 0 spiro atoms. The maximum atomic E-state index is 5.94. The van der Waals surface area contributed by atoms with Crippen LogP contribution in [0.25, 0.3) is 0 Å². The van der Waals surface area contributed by atoms with Crippen LogP contribution in [0.2, 0.25) is 5.54 Å². The summed E-state index contributed by atoms with van der Waals surface area (Å²) < 4.78 is 10.1. The average Bonchev–Trinajstić information content (AvgIpc) is 1.86. The Morgan fingerprint density at radius 3 is 1.56 bits per heavy atom. The van der Waals surface area contributed by atoms with Gasteiger partial charge in [0.1, 0.15) is 0 Å². The molecule has 0 amide bonds. The van der Waals surface area contributed by atoms with Gasteiger partial charge in [-0.2, -0.15) is 0 Å². The molecule has 0 aromatic rings. The van der Waals surface area contributed by atoms with Gasteiger partial charge in [0.2, 0.25) is 0 Å². The van der Waals surface area contributed by atoms with E-state index in [-0.39, 0.29) is 5.54 Å². The fourth-order valence-corrected chi connectivity index (χ4v) is 1.66. The molecule has 0 N–H and O–H groups in total. The molecule has 0 aromatic heterocycles. The van der Waals surface area contributed by atoms with Gasteiger partial charge in [-0.15, -0.1) is 0 Å². The predicted molar refractivity (Wildman–Crippen MR) is 40.7 cm³/mol. The van der Waals surface area contributed by atoms with Gasteiger partial charge >= 0.3 is 7.87 Å². The van der Waals surface area contributed by atoms with Gasteiger partial charge in [-0.25, -0.2) is 0 Å². The monoisotopic (exact) mass is 168 g/mol. The molecule has 0 fully saturated rings. The Balaban J connectivity index is 3.92. The maximum Gasteiger partial charge on any atom is 0.445 e. The van der Waals surface area contributed by atoms with Crippen LogP contribution in [0.5, 0.6) is 0 Å². The first kappa shape index (κ1) is 9.43. The number of hydrogen-bond acceptors (Lipinski definition) is 2. The molecule has 0 aliphatic heterocycles. The lowest BCUT2D eigenvalue weighted by atomic mass is 10.6. The molecule has 2 nitrogen and oxygen atoms in total. The highest BCUT2D eigenvalue weighted by atomic mass is 35.6. The standard InChI is InChI=1S/C5H13ClO2Si/c1-5(2)9(6,7-3)8-4/h5H,1-4H3. The van der Waals surface area contributed by atoms with Gasteiger partial charge < -0.3 is 8.85 Å². The maximum absolute atomic E-state index is 5.94. The van der Waals surface area contributed by atoms with E-state index in [1.165, 1.54) is 0 Å². The first-order valence-corrected chi connectivity index (χ1v) is 5.76. The van der Waals surface area contributed by atoms with Crippen LogP contribution in [0.1, 0.15) is 13.8 Å². The molecule has 0 bridgehead atoms. The van der Waals surface area contributed by atoms with Crippen molar-refractivity contribution in [2.45, 2.75) is 19.4 Å². The summed E-state index contributed by atoms with van der Waals surface area (Å²) in [6.45, 7) is 3.98. The quantitative estimate of drug-likeness (QED) is 0.473. The van der Waals surface area contributed by atoms with Crippen LogP contribution in [-0.2, 0) is 8.85 Å². The molecule has 0 saturated carbocycles. The summed E-state index contributed by atoms with van der Waals surface area (Å²) in [6, 6.07) is 0. The van der Waals surface area contributed by atoms with E-state index in [0.717, 1.165) is 0 Å². The Morgan fingerprint density at radius 1 is 1.22 bits per heavy atom. The van der Waals surface area contributed by atoms with E-state index in [2.05, 4.69) is 0 Å². The summed E-state index contributed by atoms with van der Waals surface area (Å²) in [7, 11) is 0.870. The fraction of sp³-hybridized carbons (Fsp3) is 1.00. The topological polar surface area (TPSA) is 18.5 Å². The highest BCUT2D eigenvalue weighted by Crippen LogP contribution is 2.25. The Morgan fingerprint density at radius 2 is 1.56 bits per heavy atom. The molecule has 0 aliphatic carbocycles. The normalized spacial score (nSPS) is 12.7. The summed E-state index contributed by atoms with van der Waals surface area (Å²) in [4.78, 5) is 0. The highest BCUT2D eigenvalue weighted by Gasteiger charge is 2.37. The minimum absolute atomic E-state index is 0.286. The molecule has 0 rings (SSSR count). The lowest BCUT2D eigenvalue weighted by Gasteiger charge is -2.22. The van der Waals surface area contributed by atoms with E-state index >= 15 is 0 Å². The molecule has 4 heteroatoms. The smallest absolute Gasteiger partial charge is 0.386 e. The lowest BCUT2D eigenvalue weighted by Crippen LogP contribution is -2.36. The van der Waals surface area contributed by atoms with Crippen LogP contribution in [0, 0.1) is 0 Å². The van der Waals surface area contributed by atoms with Crippen molar-refractivity contribution < 1.29 is 8.85 Å². The van der Waals surface area contributed by atoms with Gasteiger partial charge in [-0.1, -0.05) is 24.9 Å². The summed E-state index contributed by atoms with van der Waals surface area (Å²) in [5, 5.41) is 0. The third-order valence-corrected chi connectivity index (χ3v) is 5.97. The van der Waals surface area contributed by atoms with Crippen molar-refractivity contribution in [1.82, 2.24) is 0 Å². The number of halogens is 1. The number of rotatable bonds is 3. The van der Waals surface area contributed by atoms with Gasteiger partial charge in [0, 0.05) is 19.8 Å². The van der Waals surface area contributed by atoms with Crippen molar-refractivity contribution in [3.05, 3.63) is 0 Å². The lowest BCUT2D eigenvalue weighted by molar-refractivity contribution is 0.257. The van der Waals surface area contributed by atoms with Crippen molar-refractivity contribution >= 4 is 18.9 Å². The molecular weight excluding hydrogens is 156 g/mol. The van der Waals surface area contributed by atoms with Crippen molar-refractivity contribution in [3.8, 4) is 0 Å². The molecule has 0 aromatic carbocycles. The van der Waals surface area contributed by atoms with Gasteiger partial charge in [0.05, 0.1) is 0 Å². The zero-order valence-electron chi connectivity index (χ0n) is 6.27. The van der Waals surface area contributed by atoms with E-state index in [0.29, 0.717) is 0 Å². The van der Waals surface area contributed by atoms with Crippen molar-refractivity contribution in [2.75, 3.05) is 14.2 Å². The second-order valence-electron chi connectivity index (χ2n) is 2.15. The van der Waals surface area contributed by atoms with Crippen LogP contribution in [0.4, 0.5) is 0 Å². The summed E-state index contributed by atoms with van der Waals surface area (Å²) in [5.74, 6) is 0. The first-order valence-electron chi connectivity index (χ1n) is 2.86. The van der Waals surface area contributed by atoms with Crippen molar-refractivity contribution in [3.63, 3.8) is 0 Å². The van der Waals surface area contributed by atoms with Crippen LogP contribution < -0.4 is 0 Å². The Bertz CT molecular complexity index is 83.0. The molecule has 0 atom stereocenters. The van der Waals surface area contributed by atoms with Crippen LogP contribution in [0.3, 0.4) is 0 Å². The molecule has 0 aliphatic rings. The van der Waals surface area contributed by atoms with Crippen LogP contribution in [0.15, 0.2) is 0 Å². The second kappa shape index (κ2) is 3.56. The summed E-state index contributed by atoms with van der Waals surface area (Å²) in [5.41, 5.74) is 0.286. The summed E-state index contributed by atoms with van der Waals surface area (Å²) >= 11 is 5.94. The van der Waals surface area contributed by atoms with Gasteiger partial charge in [-0.05, 0) is 0 Å². The Hall–Kier alpha value is 0.427. The van der Waals surface area contributed by atoms with E-state index in [9.17, 15) is 0 Å². The van der Waals surface area contributed by atoms with E-state index < -0.39 is 7.87 Å². The number of hydrogen-bond donors (Lipinski definition) is 0.